The first-order valence-corrected chi connectivity index (χ1v) is 7.31. The second-order valence-electron chi connectivity index (χ2n) is 4.24. The van der Waals surface area contributed by atoms with Crippen molar-refractivity contribution in [3.8, 4) is 5.75 Å². The minimum atomic E-state index is -1.12. The van der Waals surface area contributed by atoms with Gasteiger partial charge in [-0.3, -0.25) is 10.1 Å². The summed E-state index contributed by atoms with van der Waals surface area (Å²) in [5.41, 5.74) is 0.219. The zero-order chi connectivity index (χ0) is 16.7. The average Bonchev–Trinajstić information content (AvgIpc) is 2.47. The minimum absolute atomic E-state index is 0.219. The number of urea groups is 1. The Labute approximate surface area is 136 Å². The van der Waals surface area contributed by atoms with Crippen LogP contribution in [0.3, 0.4) is 0 Å². The van der Waals surface area contributed by atoms with E-state index < -0.39 is 24.0 Å². The molecular formula is C14H17BrN2O5. The Morgan fingerprint density at radius 2 is 2.00 bits per heavy atom. The summed E-state index contributed by atoms with van der Waals surface area (Å²) in [6.07, 6.45) is -1.12. The Bertz CT molecular complexity index is 576. The van der Waals surface area contributed by atoms with Gasteiger partial charge in [-0.1, -0.05) is 0 Å². The summed E-state index contributed by atoms with van der Waals surface area (Å²) >= 11 is 3.23. The first-order chi connectivity index (χ1) is 10.4. The lowest BCUT2D eigenvalue weighted by molar-refractivity contribution is -0.127. The molecule has 1 atom stereocenters. The van der Waals surface area contributed by atoms with E-state index in [1.54, 1.807) is 19.1 Å². The summed E-state index contributed by atoms with van der Waals surface area (Å²) in [5, 5.41) is 4.48. The van der Waals surface area contributed by atoms with Crippen molar-refractivity contribution in [3.05, 3.63) is 28.2 Å². The first-order valence-electron chi connectivity index (χ1n) is 6.52. The molecule has 0 aromatic heterocycles. The molecule has 0 spiro atoms. The summed E-state index contributed by atoms with van der Waals surface area (Å²) in [7, 11) is 1.47. The van der Waals surface area contributed by atoms with E-state index in [2.05, 4.69) is 26.6 Å². The van der Waals surface area contributed by atoms with Gasteiger partial charge >= 0.3 is 12.0 Å². The molecule has 7 nitrogen and oxygen atoms in total. The molecule has 1 rings (SSSR count). The second-order valence-corrected chi connectivity index (χ2v) is 5.10. The number of esters is 1. The Kier molecular flexibility index (Phi) is 6.84. The highest BCUT2D eigenvalue weighted by Crippen LogP contribution is 2.23. The van der Waals surface area contributed by atoms with Gasteiger partial charge in [-0.25, -0.2) is 9.59 Å². The van der Waals surface area contributed by atoms with Crippen LogP contribution in [-0.4, -0.2) is 37.7 Å². The minimum Gasteiger partial charge on any atom is -0.497 e. The zero-order valence-electron chi connectivity index (χ0n) is 12.4. The summed E-state index contributed by atoms with van der Waals surface area (Å²) in [6, 6.07) is 4.15. The number of hydrogen-bond donors (Lipinski definition) is 2. The Morgan fingerprint density at radius 3 is 2.59 bits per heavy atom. The molecule has 2 N–H and O–H groups in total. The molecule has 0 aliphatic rings. The molecule has 1 unspecified atom stereocenters. The summed E-state index contributed by atoms with van der Waals surface area (Å²) in [4.78, 5) is 35.0. The van der Waals surface area contributed by atoms with Gasteiger partial charge in [0.15, 0.2) is 6.10 Å². The molecule has 3 amide bonds. The van der Waals surface area contributed by atoms with Crippen molar-refractivity contribution in [2.75, 3.05) is 13.7 Å². The standard InChI is InChI=1S/C14H17BrN2O5/c1-4-16-14(20)17-12(18)8(2)22-13(19)10-7-9(21-3)5-6-11(10)15/h5-8H,4H2,1-3H3,(H2,16,17,18,20). The molecule has 1 aromatic rings. The highest BCUT2D eigenvalue weighted by molar-refractivity contribution is 9.10. The van der Waals surface area contributed by atoms with Gasteiger partial charge in [0.2, 0.25) is 0 Å². The van der Waals surface area contributed by atoms with E-state index in [4.69, 9.17) is 9.47 Å². The molecule has 0 radical (unpaired) electrons. The van der Waals surface area contributed by atoms with Crippen molar-refractivity contribution in [2.24, 2.45) is 0 Å². The number of ether oxygens (including phenoxy) is 2. The predicted molar refractivity (Wildman–Crippen MR) is 82.8 cm³/mol. The van der Waals surface area contributed by atoms with E-state index >= 15 is 0 Å². The van der Waals surface area contributed by atoms with Gasteiger partial charge in [0.05, 0.1) is 12.7 Å². The van der Waals surface area contributed by atoms with Crippen LogP contribution >= 0.6 is 15.9 Å². The molecule has 0 bridgehead atoms. The number of carbonyl (C=O) groups excluding carboxylic acids is 3. The van der Waals surface area contributed by atoms with Gasteiger partial charge in [-0.15, -0.1) is 0 Å². The SMILES string of the molecule is CCNC(=O)NC(=O)C(C)OC(=O)c1cc(OC)ccc1Br. The van der Waals surface area contributed by atoms with Gasteiger partial charge in [-0.05, 0) is 48.0 Å². The van der Waals surface area contributed by atoms with Crippen molar-refractivity contribution in [3.63, 3.8) is 0 Å². The van der Waals surface area contributed by atoms with Crippen molar-refractivity contribution in [1.82, 2.24) is 10.6 Å². The van der Waals surface area contributed by atoms with Gasteiger partial charge in [0.25, 0.3) is 5.91 Å². The van der Waals surface area contributed by atoms with Gasteiger partial charge in [-0.2, -0.15) is 0 Å². The van der Waals surface area contributed by atoms with Gasteiger partial charge in [0, 0.05) is 11.0 Å². The van der Waals surface area contributed by atoms with E-state index in [1.165, 1.54) is 20.1 Å². The van der Waals surface area contributed by atoms with Crippen LogP contribution in [0.4, 0.5) is 4.79 Å². The van der Waals surface area contributed by atoms with E-state index in [0.29, 0.717) is 16.8 Å². The quantitative estimate of drug-likeness (QED) is 0.769. The molecule has 0 saturated carbocycles. The lowest BCUT2D eigenvalue weighted by Crippen LogP contribution is -2.44. The third-order valence-electron chi connectivity index (χ3n) is 2.62. The molecule has 0 fully saturated rings. The third kappa shape index (κ3) is 5.03. The number of benzene rings is 1. The lowest BCUT2D eigenvalue weighted by atomic mass is 10.2. The number of amides is 3. The van der Waals surface area contributed by atoms with E-state index in [-0.39, 0.29) is 5.56 Å². The number of carbonyl (C=O) groups is 3. The van der Waals surface area contributed by atoms with Crippen molar-refractivity contribution in [1.29, 1.82) is 0 Å². The van der Waals surface area contributed by atoms with Crippen molar-refractivity contribution >= 4 is 33.8 Å². The number of rotatable bonds is 5. The summed E-state index contributed by atoms with van der Waals surface area (Å²) in [5.74, 6) is -0.933. The lowest BCUT2D eigenvalue weighted by Gasteiger charge is -2.14. The van der Waals surface area contributed by atoms with Crippen LogP contribution in [0, 0.1) is 0 Å². The molecule has 0 heterocycles. The fraction of sp³-hybridized carbons (Fsp3) is 0.357. The molecule has 22 heavy (non-hydrogen) atoms. The van der Waals surface area contributed by atoms with Crippen molar-refractivity contribution in [2.45, 2.75) is 20.0 Å². The smallest absolute Gasteiger partial charge is 0.340 e. The van der Waals surface area contributed by atoms with Crippen LogP contribution in [0.5, 0.6) is 5.75 Å². The van der Waals surface area contributed by atoms with Crippen LogP contribution in [0.15, 0.2) is 22.7 Å². The number of nitrogens with one attached hydrogen (secondary N) is 2. The van der Waals surface area contributed by atoms with Crippen molar-refractivity contribution < 1.29 is 23.9 Å². The highest BCUT2D eigenvalue weighted by atomic mass is 79.9. The highest BCUT2D eigenvalue weighted by Gasteiger charge is 2.22. The van der Waals surface area contributed by atoms with E-state index in [1.807, 2.05) is 0 Å². The number of methoxy groups -OCH3 is 1. The number of hydrogen-bond acceptors (Lipinski definition) is 5. The van der Waals surface area contributed by atoms with Gasteiger partial charge in [0.1, 0.15) is 5.75 Å². The van der Waals surface area contributed by atoms with Gasteiger partial charge < -0.3 is 14.8 Å². The Morgan fingerprint density at radius 1 is 1.32 bits per heavy atom. The maximum absolute atomic E-state index is 12.1. The summed E-state index contributed by atoms with van der Waals surface area (Å²) in [6.45, 7) is 3.47. The molecular weight excluding hydrogens is 356 g/mol. The Balaban J connectivity index is 2.71. The zero-order valence-corrected chi connectivity index (χ0v) is 14.0. The monoisotopic (exact) mass is 372 g/mol. The predicted octanol–water partition coefficient (Wildman–Crippen LogP) is 1.85. The second kappa shape index (κ2) is 8.38. The molecule has 0 saturated heterocycles. The number of halogens is 1. The van der Waals surface area contributed by atoms with Crippen LogP contribution < -0.4 is 15.4 Å². The van der Waals surface area contributed by atoms with E-state index in [9.17, 15) is 14.4 Å². The number of imide groups is 1. The normalized spacial score (nSPS) is 11.3. The van der Waals surface area contributed by atoms with Crippen LogP contribution in [0.25, 0.3) is 0 Å². The third-order valence-corrected chi connectivity index (χ3v) is 3.31. The Hall–Kier alpha value is -2.09. The molecule has 8 heteroatoms. The molecule has 1 aromatic carbocycles. The summed E-state index contributed by atoms with van der Waals surface area (Å²) < 4.78 is 10.6. The van der Waals surface area contributed by atoms with E-state index in [0.717, 1.165) is 0 Å². The molecule has 0 aliphatic carbocycles. The van der Waals surface area contributed by atoms with Crippen LogP contribution in [0.2, 0.25) is 0 Å². The van der Waals surface area contributed by atoms with Crippen LogP contribution in [0.1, 0.15) is 24.2 Å². The fourth-order valence-electron chi connectivity index (χ4n) is 1.48. The fourth-order valence-corrected chi connectivity index (χ4v) is 1.89. The molecule has 0 aliphatic heterocycles. The first kappa shape index (κ1) is 18.0. The molecule has 120 valence electrons. The van der Waals surface area contributed by atoms with Crippen LogP contribution in [-0.2, 0) is 9.53 Å². The topological polar surface area (TPSA) is 93.7 Å². The maximum Gasteiger partial charge on any atom is 0.340 e. The largest absolute Gasteiger partial charge is 0.497 e. The average molecular weight is 373 g/mol. The maximum atomic E-state index is 12.1.